The third-order valence-electron chi connectivity index (χ3n) is 7.51. The van der Waals surface area contributed by atoms with Crippen molar-refractivity contribution in [1.82, 2.24) is 0 Å². The summed E-state index contributed by atoms with van der Waals surface area (Å²) >= 11 is 0. The zero-order valence-corrected chi connectivity index (χ0v) is 21.4. The Morgan fingerprint density at radius 3 is 1.26 bits per heavy atom. The van der Waals surface area contributed by atoms with E-state index in [0.29, 0.717) is 0 Å². The van der Waals surface area contributed by atoms with Crippen molar-refractivity contribution in [3.63, 3.8) is 0 Å². The number of aromatic hydroxyl groups is 2. The van der Waals surface area contributed by atoms with Crippen LogP contribution in [0.5, 0.6) is 11.5 Å². The minimum atomic E-state index is -0.121. The van der Waals surface area contributed by atoms with E-state index in [-0.39, 0.29) is 11.5 Å². The van der Waals surface area contributed by atoms with E-state index in [2.05, 4.69) is 98.8 Å². The van der Waals surface area contributed by atoms with Gasteiger partial charge in [-0.25, -0.2) is 0 Å². The van der Waals surface area contributed by atoms with Crippen LogP contribution in [0.25, 0.3) is 55.3 Å². The maximum absolute atomic E-state index is 10.4. The molecule has 184 valence electrons. The molecule has 38 heavy (non-hydrogen) atoms. The van der Waals surface area contributed by atoms with Crippen LogP contribution in [0.4, 0.5) is 0 Å². The van der Waals surface area contributed by atoms with Crippen molar-refractivity contribution < 1.29 is 10.2 Å². The summed E-state index contributed by atoms with van der Waals surface area (Å²) in [5.41, 5.74) is 11.3. The summed E-state index contributed by atoms with van der Waals surface area (Å²) in [6.45, 7) is 4.32. The molecule has 0 aliphatic rings. The molecular formula is C36H28O2. The molecule has 2 nitrogen and oxygen atoms in total. The lowest BCUT2D eigenvalue weighted by atomic mass is 9.81. The van der Waals surface area contributed by atoms with Gasteiger partial charge in [-0.1, -0.05) is 97.1 Å². The van der Waals surface area contributed by atoms with Gasteiger partial charge in [0.25, 0.3) is 0 Å². The quantitative estimate of drug-likeness (QED) is 0.241. The molecule has 6 aromatic carbocycles. The SMILES string of the molecule is Cc1c(C)c(-c2ccc(O)c(O)c2)c2cc(-c3ccccc3)c(-c3ccccc3)cc2c1-c1ccccc1. The fourth-order valence-corrected chi connectivity index (χ4v) is 5.53. The van der Waals surface area contributed by atoms with Gasteiger partial charge in [-0.05, 0) is 105 Å². The van der Waals surface area contributed by atoms with Gasteiger partial charge in [-0.2, -0.15) is 0 Å². The summed E-state index contributed by atoms with van der Waals surface area (Å²) < 4.78 is 0. The van der Waals surface area contributed by atoms with Crippen LogP contribution in [-0.2, 0) is 0 Å². The van der Waals surface area contributed by atoms with Crippen LogP contribution in [0.1, 0.15) is 11.1 Å². The second kappa shape index (κ2) is 9.57. The number of phenolic OH excluding ortho intramolecular Hbond substituents is 2. The molecule has 0 fully saturated rings. The Hall–Kier alpha value is -4.82. The predicted molar refractivity (Wildman–Crippen MR) is 158 cm³/mol. The summed E-state index contributed by atoms with van der Waals surface area (Å²) in [7, 11) is 0. The number of fused-ring (bicyclic) bond motifs is 1. The Kier molecular flexibility index (Phi) is 5.94. The molecule has 0 radical (unpaired) electrons. The highest BCUT2D eigenvalue weighted by Gasteiger charge is 2.20. The van der Waals surface area contributed by atoms with Crippen molar-refractivity contribution in [2.24, 2.45) is 0 Å². The van der Waals surface area contributed by atoms with Gasteiger partial charge in [0.15, 0.2) is 11.5 Å². The summed E-state index contributed by atoms with van der Waals surface area (Å²) in [5, 5.41) is 22.7. The first-order chi connectivity index (χ1) is 18.5. The van der Waals surface area contributed by atoms with Crippen LogP contribution in [0.3, 0.4) is 0 Å². The van der Waals surface area contributed by atoms with Crippen LogP contribution in [0.2, 0.25) is 0 Å². The lowest BCUT2D eigenvalue weighted by Crippen LogP contribution is -1.97. The van der Waals surface area contributed by atoms with E-state index in [4.69, 9.17) is 0 Å². The zero-order chi connectivity index (χ0) is 26.2. The summed E-state index contributed by atoms with van der Waals surface area (Å²) in [4.78, 5) is 0. The Morgan fingerprint density at radius 2 is 0.816 bits per heavy atom. The summed E-state index contributed by atoms with van der Waals surface area (Å²) in [6, 6.07) is 41.3. The molecule has 0 unspecified atom stereocenters. The normalized spacial score (nSPS) is 11.1. The fourth-order valence-electron chi connectivity index (χ4n) is 5.53. The van der Waals surface area contributed by atoms with E-state index in [0.717, 1.165) is 44.2 Å². The van der Waals surface area contributed by atoms with E-state index in [1.807, 2.05) is 24.3 Å². The van der Waals surface area contributed by atoms with Gasteiger partial charge in [-0.3, -0.25) is 0 Å². The van der Waals surface area contributed by atoms with Crippen molar-refractivity contribution >= 4 is 10.8 Å². The maximum atomic E-state index is 10.4. The highest BCUT2D eigenvalue weighted by Crippen LogP contribution is 2.46. The number of rotatable bonds is 4. The van der Waals surface area contributed by atoms with Gasteiger partial charge < -0.3 is 10.2 Å². The Labute approximate surface area is 223 Å². The highest BCUT2D eigenvalue weighted by atomic mass is 16.3. The minimum absolute atomic E-state index is 0.121. The molecule has 6 rings (SSSR count). The molecule has 2 heteroatoms. The number of benzene rings is 6. The largest absolute Gasteiger partial charge is 0.504 e. The van der Waals surface area contributed by atoms with Gasteiger partial charge in [-0.15, -0.1) is 0 Å². The van der Waals surface area contributed by atoms with Gasteiger partial charge in [0, 0.05) is 0 Å². The molecule has 0 aliphatic heterocycles. The molecule has 0 saturated heterocycles. The summed E-state index contributed by atoms with van der Waals surface area (Å²) in [5.74, 6) is -0.242. The fraction of sp³-hybridized carbons (Fsp3) is 0.0556. The molecule has 0 aromatic heterocycles. The van der Waals surface area contributed by atoms with Gasteiger partial charge in [0.1, 0.15) is 0 Å². The number of hydrogen-bond acceptors (Lipinski definition) is 2. The topological polar surface area (TPSA) is 40.5 Å². The average molecular weight is 493 g/mol. The van der Waals surface area contributed by atoms with E-state index >= 15 is 0 Å². The molecule has 6 aromatic rings. The monoisotopic (exact) mass is 492 g/mol. The Bertz CT molecular complexity index is 1770. The van der Waals surface area contributed by atoms with Crippen molar-refractivity contribution in [2.45, 2.75) is 13.8 Å². The smallest absolute Gasteiger partial charge is 0.158 e. The Balaban J connectivity index is 1.80. The van der Waals surface area contributed by atoms with Crippen molar-refractivity contribution in [1.29, 1.82) is 0 Å². The van der Waals surface area contributed by atoms with Crippen LogP contribution >= 0.6 is 0 Å². The second-order valence-electron chi connectivity index (χ2n) is 9.74. The lowest BCUT2D eigenvalue weighted by Gasteiger charge is -2.22. The van der Waals surface area contributed by atoms with Crippen molar-refractivity contribution in [3.05, 3.63) is 132 Å². The first kappa shape index (κ1) is 23.6. The maximum Gasteiger partial charge on any atom is 0.158 e. The first-order valence-electron chi connectivity index (χ1n) is 12.8. The minimum Gasteiger partial charge on any atom is -0.504 e. The number of hydrogen-bond donors (Lipinski definition) is 2. The van der Waals surface area contributed by atoms with E-state index in [9.17, 15) is 10.2 Å². The van der Waals surface area contributed by atoms with E-state index < -0.39 is 0 Å². The standard InChI is InChI=1S/C36H28O2/c1-23-24(2)36(28-18-19-33(37)34(38)20-28)32-22-30(26-14-8-4-9-15-26)29(25-12-6-3-7-13-25)21-31(32)35(23)27-16-10-5-11-17-27/h3-22,37-38H,1-2H3. The lowest BCUT2D eigenvalue weighted by molar-refractivity contribution is 0.404. The average Bonchev–Trinajstić information content (AvgIpc) is 2.96. The van der Waals surface area contributed by atoms with E-state index in [1.165, 1.54) is 22.3 Å². The molecule has 0 atom stereocenters. The molecule has 0 amide bonds. The van der Waals surface area contributed by atoms with Crippen LogP contribution < -0.4 is 0 Å². The van der Waals surface area contributed by atoms with Gasteiger partial charge >= 0.3 is 0 Å². The third-order valence-corrected chi connectivity index (χ3v) is 7.51. The van der Waals surface area contributed by atoms with Gasteiger partial charge in [0.2, 0.25) is 0 Å². The second-order valence-corrected chi connectivity index (χ2v) is 9.74. The van der Waals surface area contributed by atoms with E-state index in [1.54, 1.807) is 12.1 Å². The van der Waals surface area contributed by atoms with Crippen LogP contribution in [-0.4, -0.2) is 10.2 Å². The highest BCUT2D eigenvalue weighted by molar-refractivity contribution is 6.11. The zero-order valence-electron chi connectivity index (χ0n) is 21.4. The molecule has 0 aliphatic carbocycles. The summed E-state index contributed by atoms with van der Waals surface area (Å²) in [6.07, 6.45) is 0. The first-order valence-corrected chi connectivity index (χ1v) is 12.8. The van der Waals surface area contributed by atoms with Crippen LogP contribution in [0, 0.1) is 13.8 Å². The molecule has 0 heterocycles. The van der Waals surface area contributed by atoms with Crippen molar-refractivity contribution in [2.75, 3.05) is 0 Å². The number of phenols is 2. The van der Waals surface area contributed by atoms with Gasteiger partial charge in [0.05, 0.1) is 0 Å². The molecule has 0 spiro atoms. The Morgan fingerprint density at radius 1 is 0.395 bits per heavy atom. The molecule has 2 N–H and O–H groups in total. The van der Waals surface area contributed by atoms with Crippen LogP contribution in [0.15, 0.2) is 121 Å². The predicted octanol–water partition coefficient (Wildman–Crippen LogP) is 9.54. The molecule has 0 bridgehead atoms. The molecular weight excluding hydrogens is 464 g/mol. The molecule has 0 saturated carbocycles. The third kappa shape index (κ3) is 4.01. The van der Waals surface area contributed by atoms with Crippen molar-refractivity contribution in [3.8, 4) is 56.0 Å².